The van der Waals surface area contributed by atoms with Crippen LogP contribution in [0.1, 0.15) is 18.1 Å². The number of benzene rings is 2. The fraction of sp³-hybridized carbons (Fsp3) is 0.200. The minimum Gasteiger partial charge on any atom is -0.497 e. The smallest absolute Gasteiger partial charge is 0.328 e. The van der Waals surface area contributed by atoms with Gasteiger partial charge in [0.2, 0.25) is 5.91 Å². The highest BCUT2D eigenvalue weighted by molar-refractivity contribution is 6.35. The van der Waals surface area contributed by atoms with Crippen molar-refractivity contribution >= 4 is 41.2 Å². The van der Waals surface area contributed by atoms with Gasteiger partial charge >= 0.3 is 5.97 Å². The first-order valence-corrected chi connectivity index (χ1v) is 8.88. The van der Waals surface area contributed by atoms with Gasteiger partial charge in [-0.2, -0.15) is 0 Å². The number of rotatable bonds is 7. The molecule has 0 heterocycles. The summed E-state index contributed by atoms with van der Waals surface area (Å²) in [6, 6.07) is 11.3. The minimum atomic E-state index is -0.802. The summed E-state index contributed by atoms with van der Waals surface area (Å²) in [4.78, 5) is 24.0. The van der Waals surface area contributed by atoms with E-state index in [1.807, 2.05) is 12.1 Å². The molecule has 0 bridgehead atoms. The van der Waals surface area contributed by atoms with Gasteiger partial charge < -0.3 is 14.8 Å². The molecule has 0 saturated carbocycles. The molecule has 142 valence electrons. The predicted octanol–water partition coefficient (Wildman–Crippen LogP) is 4.26. The Balaban J connectivity index is 1.83. The maximum atomic E-state index is 12.0. The number of esters is 1. The number of hydrogen-bond donors (Lipinski definition) is 1. The molecule has 0 aliphatic carbocycles. The maximum Gasteiger partial charge on any atom is 0.328 e. The minimum absolute atomic E-state index is 0.00324. The molecule has 7 heteroatoms. The molecule has 2 aromatic rings. The molecular formula is C20H19Cl2NO4. The van der Waals surface area contributed by atoms with Gasteiger partial charge in [0.15, 0.2) is 0 Å². The van der Waals surface area contributed by atoms with Crippen LogP contribution in [0.4, 0.5) is 0 Å². The van der Waals surface area contributed by atoms with Crippen LogP contribution in [-0.4, -0.2) is 25.0 Å². The Hall–Kier alpha value is -2.50. The molecule has 0 radical (unpaired) electrons. The van der Waals surface area contributed by atoms with Gasteiger partial charge in [-0.3, -0.25) is 4.79 Å². The number of ether oxygens (including phenoxy) is 2. The molecule has 0 aliphatic rings. The average molecular weight is 408 g/mol. The van der Waals surface area contributed by atoms with E-state index in [-0.39, 0.29) is 6.61 Å². The molecule has 5 nitrogen and oxygen atoms in total. The highest BCUT2D eigenvalue weighted by atomic mass is 35.5. The molecule has 1 amide bonds. The Morgan fingerprint density at radius 3 is 2.48 bits per heavy atom. The molecule has 2 aromatic carbocycles. The second kappa shape index (κ2) is 10.00. The van der Waals surface area contributed by atoms with Crippen molar-refractivity contribution < 1.29 is 19.1 Å². The van der Waals surface area contributed by atoms with Crippen LogP contribution < -0.4 is 10.1 Å². The van der Waals surface area contributed by atoms with Crippen molar-refractivity contribution in [3.8, 4) is 5.75 Å². The lowest BCUT2D eigenvalue weighted by atomic mass is 10.2. The van der Waals surface area contributed by atoms with Crippen molar-refractivity contribution in [2.24, 2.45) is 0 Å². The summed E-state index contributed by atoms with van der Waals surface area (Å²) >= 11 is 11.9. The SMILES string of the molecule is COc1ccc(/C=C/C(=O)N[C@@H](C)C(=O)OCc2ccc(Cl)cc2Cl)cc1. The highest BCUT2D eigenvalue weighted by Crippen LogP contribution is 2.21. The monoisotopic (exact) mass is 407 g/mol. The maximum absolute atomic E-state index is 12.0. The van der Waals surface area contributed by atoms with Crippen LogP contribution in [0.2, 0.25) is 10.0 Å². The molecule has 1 atom stereocenters. The first-order chi connectivity index (χ1) is 12.9. The predicted molar refractivity (Wildman–Crippen MR) is 106 cm³/mol. The Morgan fingerprint density at radius 1 is 1.15 bits per heavy atom. The molecule has 0 aliphatic heterocycles. The van der Waals surface area contributed by atoms with E-state index in [1.165, 1.54) is 6.08 Å². The third-order valence-corrected chi connectivity index (χ3v) is 4.23. The van der Waals surface area contributed by atoms with E-state index in [0.29, 0.717) is 15.6 Å². The van der Waals surface area contributed by atoms with Gasteiger partial charge in [-0.25, -0.2) is 4.79 Å². The van der Waals surface area contributed by atoms with Crippen molar-refractivity contribution in [1.29, 1.82) is 0 Å². The Bertz CT molecular complexity index is 834. The van der Waals surface area contributed by atoms with Crippen LogP contribution in [0.25, 0.3) is 6.08 Å². The number of hydrogen-bond acceptors (Lipinski definition) is 4. The van der Waals surface area contributed by atoms with Crippen LogP contribution >= 0.6 is 23.2 Å². The third-order valence-electron chi connectivity index (χ3n) is 3.64. The first kappa shape index (κ1) is 20.8. The first-order valence-electron chi connectivity index (χ1n) is 8.12. The number of carbonyl (C=O) groups is 2. The van der Waals surface area contributed by atoms with Gasteiger partial charge in [0.1, 0.15) is 18.4 Å². The quantitative estimate of drug-likeness (QED) is 0.549. The van der Waals surface area contributed by atoms with E-state index in [9.17, 15) is 9.59 Å². The van der Waals surface area contributed by atoms with Gasteiger partial charge in [0, 0.05) is 21.7 Å². The number of methoxy groups -OCH3 is 1. The van der Waals surface area contributed by atoms with Crippen LogP contribution in [0, 0.1) is 0 Å². The number of nitrogens with one attached hydrogen (secondary N) is 1. The summed E-state index contributed by atoms with van der Waals surface area (Å²) in [5.41, 5.74) is 1.46. The van der Waals surface area contributed by atoms with Crippen molar-refractivity contribution in [2.75, 3.05) is 7.11 Å². The van der Waals surface area contributed by atoms with Gasteiger partial charge in [-0.15, -0.1) is 0 Å². The molecule has 0 fully saturated rings. The summed E-state index contributed by atoms with van der Waals surface area (Å²) in [5, 5.41) is 3.46. The molecule has 0 saturated heterocycles. The summed E-state index contributed by atoms with van der Waals surface area (Å²) in [5.74, 6) is -0.235. The normalized spacial score (nSPS) is 11.9. The fourth-order valence-corrected chi connectivity index (χ4v) is 2.58. The number of amides is 1. The number of halogens is 2. The molecule has 0 aromatic heterocycles. The van der Waals surface area contributed by atoms with E-state index >= 15 is 0 Å². The van der Waals surface area contributed by atoms with E-state index in [1.54, 1.807) is 50.4 Å². The fourth-order valence-electron chi connectivity index (χ4n) is 2.12. The second-order valence-electron chi connectivity index (χ2n) is 5.68. The average Bonchev–Trinajstić information content (AvgIpc) is 2.65. The standard InChI is InChI=1S/C20H19Cl2NO4/c1-13(20(25)27-12-15-6-7-16(21)11-18(15)22)23-19(24)10-5-14-3-8-17(26-2)9-4-14/h3-11,13H,12H2,1-2H3,(H,23,24)/b10-5+/t13-/m0/s1. The summed E-state index contributed by atoms with van der Waals surface area (Å²) in [6.07, 6.45) is 2.99. The van der Waals surface area contributed by atoms with Gasteiger partial charge in [0.25, 0.3) is 0 Å². The van der Waals surface area contributed by atoms with Crippen LogP contribution in [0.3, 0.4) is 0 Å². The molecule has 2 rings (SSSR count). The van der Waals surface area contributed by atoms with Crippen LogP contribution in [0.5, 0.6) is 5.75 Å². The van der Waals surface area contributed by atoms with Crippen LogP contribution in [0.15, 0.2) is 48.5 Å². The summed E-state index contributed by atoms with van der Waals surface area (Å²) in [6.45, 7) is 1.54. The van der Waals surface area contributed by atoms with Crippen molar-refractivity contribution in [1.82, 2.24) is 5.32 Å². The van der Waals surface area contributed by atoms with Gasteiger partial charge in [0.05, 0.1) is 7.11 Å². The van der Waals surface area contributed by atoms with Crippen molar-refractivity contribution in [3.63, 3.8) is 0 Å². The Morgan fingerprint density at radius 2 is 1.85 bits per heavy atom. The lowest BCUT2D eigenvalue weighted by molar-refractivity contribution is -0.148. The zero-order valence-corrected chi connectivity index (χ0v) is 16.4. The lowest BCUT2D eigenvalue weighted by Crippen LogP contribution is -2.38. The Kier molecular flexibility index (Phi) is 7.70. The second-order valence-corrected chi connectivity index (χ2v) is 6.52. The zero-order valence-electron chi connectivity index (χ0n) is 14.9. The number of carbonyl (C=O) groups excluding carboxylic acids is 2. The summed E-state index contributed by atoms with van der Waals surface area (Å²) in [7, 11) is 1.58. The molecule has 27 heavy (non-hydrogen) atoms. The van der Waals surface area contributed by atoms with E-state index in [4.69, 9.17) is 32.7 Å². The molecule has 0 unspecified atom stereocenters. The van der Waals surface area contributed by atoms with E-state index in [2.05, 4.69) is 5.32 Å². The van der Waals surface area contributed by atoms with E-state index in [0.717, 1.165) is 11.3 Å². The zero-order chi connectivity index (χ0) is 19.8. The molecule has 0 spiro atoms. The topological polar surface area (TPSA) is 64.6 Å². The van der Waals surface area contributed by atoms with Gasteiger partial charge in [-0.1, -0.05) is 41.4 Å². The highest BCUT2D eigenvalue weighted by Gasteiger charge is 2.16. The lowest BCUT2D eigenvalue weighted by Gasteiger charge is -2.13. The molecular weight excluding hydrogens is 389 g/mol. The summed E-state index contributed by atoms with van der Waals surface area (Å²) < 4.78 is 10.3. The van der Waals surface area contributed by atoms with Crippen molar-refractivity contribution in [3.05, 3.63) is 69.7 Å². The largest absolute Gasteiger partial charge is 0.497 e. The third kappa shape index (κ3) is 6.62. The van der Waals surface area contributed by atoms with E-state index < -0.39 is 17.9 Å². The van der Waals surface area contributed by atoms with Crippen molar-refractivity contribution in [2.45, 2.75) is 19.6 Å². The van der Waals surface area contributed by atoms with Crippen LogP contribution in [-0.2, 0) is 20.9 Å². The Labute approximate surface area is 167 Å². The molecule has 1 N–H and O–H groups in total. The van der Waals surface area contributed by atoms with Gasteiger partial charge in [-0.05, 0) is 42.8 Å².